The molecule has 6 nitrogen and oxygen atoms in total. The molecule has 0 aliphatic carbocycles. The van der Waals surface area contributed by atoms with Crippen molar-refractivity contribution >= 4 is 23.5 Å². The van der Waals surface area contributed by atoms with Gasteiger partial charge >= 0.3 is 6.09 Å². The molecule has 1 amide bonds. The van der Waals surface area contributed by atoms with Crippen LogP contribution in [-0.4, -0.2) is 48.8 Å². The van der Waals surface area contributed by atoms with Crippen molar-refractivity contribution in [3.63, 3.8) is 0 Å². The van der Waals surface area contributed by atoms with Gasteiger partial charge in [0.05, 0.1) is 17.8 Å². The minimum atomic E-state index is -0.382. The Hall–Kier alpha value is -1.53. The lowest BCUT2D eigenvalue weighted by molar-refractivity contribution is 0.166. The Morgan fingerprint density at radius 3 is 3.10 bits per heavy atom. The number of pyridine rings is 1. The third-order valence-electron chi connectivity index (χ3n) is 3.43. The van der Waals surface area contributed by atoms with Crippen molar-refractivity contribution in [2.75, 3.05) is 32.1 Å². The molecule has 0 bridgehead atoms. The number of aromatic nitrogens is 1. The number of likely N-dealkylation sites (tertiary alicyclic amines) is 1. The highest BCUT2D eigenvalue weighted by Gasteiger charge is 2.24. The summed E-state index contributed by atoms with van der Waals surface area (Å²) >= 11 is 6.21. The molecular formula is C14H21ClN4O2. The minimum absolute atomic E-state index is 0.119. The lowest BCUT2D eigenvalue weighted by atomic mass is 10.3. The largest absolute Gasteiger partial charge is 0.453 e. The summed E-state index contributed by atoms with van der Waals surface area (Å²) in [5, 5.41) is 6.67. The number of hydrogen-bond donors (Lipinski definition) is 2. The molecule has 2 N–H and O–H groups in total. The SMILES string of the molecule is CCNc1ccc(Cl)c(CN2CCC(NC(=O)OC)C2)n1. The van der Waals surface area contributed by atoms with Gasteiger partial charge in [-0.05, 0) is 25.5 Å². The molecular weight excluding hydrogens is 292 g/mol. The van der Waals surface area contributed by atoms with Crippen LogP contribution in [0, 0.1) is 0 Å². The molecule has 1 unspecified atom stereocenters. The molecule has 0 aromatic carbocycles. The van der Waals surface area contributed by atoms with E-state index >= 15 is 0 Å². The predicted molar refractivity (Wildman–Crippen MR) is 82.6 cm³/mol. The fourth-order valence-corrected chi connectivity index (χ4v) is 2.57. The van der Waals surface area contributed by atoms with Crippen LogP contribution in [0.15, 0.2) is 12.1 Å². The molecule has 1 atom stereocenters. The van der Waals surface area contributed by atoms with Crippen molar-refractivity contribution in [2.45, 2.75) is 25.9 Å². The number of methoxy groups -OCH3 is 1. The number of rotatable bonds is 5. The molecule has 1 aliphatic rings. The van der Waals surface area contributed by atoms with Crippen molar-refractivity contribution < 1.29 is 9.53 Å². The van der Waals surface area contributed by atoms with Crippen LogP contribution in [0.4, 0.5) is 10.6 Å². The van der Waals surface area contributed by atoms with Gasteiger partial charge in [-0.25, -0.2) is 9.78 Å². The van der Waals surface area contributed by atoms with Crippen LogP contribution in [0.25, 0.3) is 0 Å². The monoisotopic (exact) mass is 312 g/mol. The molecule has 0 spiro atoms. The first kappa shape index (κ1) is 15.9. The first-order valence-electron chi connectivity index (χ1n) is 7.08. The molecule has 1 fully saturated rings. The molecule has 1 saturated heterocycles. The Kier molecular flexibility index (Phi) is 5.64. The van der Waals surface area contributed by atoms with E-state index in [4.69, 9.17) is 11.6 Å². The molecule has 116 valence electrons. The minimum Gasteiger partial charge on any atom is -0.453 e. The molecule has 21 heavy (non-hydrogen) atoms. The molecule has 1 aliphatic heterocycles. The first-order valence-corrected chi connectivity index (χ1v) is 7.46. The van der Waals surface area contributed by atoms with Crippen LogP contribution in [0.3, 0.4) is 0 Å². The van der Waals surface area contributed by atoms with E-state index in [2.05, 4.69) is 25.3 Å². The van der Waals surface area contributed by atoms with Gasteiger partial charge in [0.2, 0.25) is 0 Å². The second kappa shape index (κ2) is 7.47. The summed E-state index contributed by atoms with van der Waals surface area (Å²) in [6.45, 7) is 5.20. The van der Waals surface area contributed by atoms with Gasteiger partial charge in [0, 0.05) is 32.2 Å². The number of halogens is 1. The van der Waals surface area contributed by atoms with Gasteiger partial charge in [0.1, 0.15) is 5.82 Å². The van der Waals surface area contributed by atoms with Gasteiger partial charge in [0.15, 0.2) is 0 Å². The number of nitrogens with zero attached hydrogens (tertiary/aromatic N) is 2. The van der Waals surface area contributed by atoms with Gasteiger partial charge in [-0.1, -0.05) is 11.6 Å². The molecule has 2 rings (SSSR count). The van der Waals surface area contributed by atoms with Crippen molar-refractivity contribution in [3.8, 4) is 0 Å². The molecule has 1 aromatic heterocycles. The van der Waals surface area contributed by atoms with E-state index < -0.39 is 0 Å². The van der Waals surface area contributed by atoms with Gasteiger partial charge in [-0.15, -0.1) is 0 Å². The maximum absolute atomic E-state index is 11.2. The van der Waals surface area contributed by atoms with E-state index in [1.54, 1.807) is 0 Å². The number of amides is 1. The lowest BCUT2D eigenvalue weighted by Crippen LogP contribution is -2.36. The zero-order valence-corrected chi connectivity index (χ0v) is 13.1. The second-order valence-corrected chi connectivity index (χ2v) is 5.42. The predicted octanol–water partition coefficient (Wildman–Crippen LogP) is 2.10. The smallest absolute Gasteiger partial charge is 0.407 e. The average Bonchev–Trinajstić information content (AvgIpc) is 2.90. The molecule has 7 heteroatoms. The van der Waals surface area contributed by atoms with Crippen LogP contribution in [0.1, 0.15) is 19.0 Å². The highest BCUT2D eigenvalue weighted by Crippen LogP contribution is 2.20. The summed E-state index contributed by atoms with van der Waals surface area (Å²) in [6.07, 6.45) is 0.520. The van der Waals surface area contributed by atoms with Crippen LogP contribution in [0.5, 0.6) is 0 Å². The lowest BCUT2D eigenvalue weighted by Gasteiger charge is -2.17. The van der Waals surface area contributed by atoms with Crippen LogP contribution in [0.2, 0.25) is 5.02 Å². The highest BCUT2D eigenvalue weighted by atomic mass is 35.5. The van der Waals surface area contributed by atoms with Crippen molar-refractivity contribution in [1.29, 1.82) is 0 Å². The van der Waals surface area contributed by atoms with Crippen molar-refractivity contribution in [3.05, 3.63) is 22.8 Å². The van der Waals surface area contributed by atoms with Crippen molar-refractivity contribution in [2.24, 2.45) is 0 Å². The summed E-state index contributed by atoms with van der Waals surface area (Å²) in [5.74, 6) is 0.834. The van der Waals surface area contributed by atoms with E-state index in [1.165, 1.54) is 7.11 Å². The quantitative estimate of drug-likeness (QED) is 0.871. The zero-order valence-electron chi connectivity index (χ0n) is 12.4. The topological polar surface area (TPSA) is 66.5 Å². The molecule has 0 radical (unpaired) electrons. The van der Waals surface area contributed by atoms with Crippen LogP contribution < -0.4 is 10.6 Å². The number of carbonyl (C=O) groups is 1. The normalized spacial score (nSPS) is 18.5. The number of alkyl carbamates (subject to hydrolysis) is 1. The van der Waals surface area contributed by atoms with E-state index in [0.29, 0.717) is 11.6 Å². The number of hydrogen-bond acceptors (Lipinski definition) is 5. The number of anilines is 1. The fraction of sp³-hybridized carbons (Fsp3) is 0.571. The summed E-state index contributed by atoms with van der Waals surface area (Å²) in [5.41, 5.74) is 0.855. The van der Waals surface area contributed by atoms with E-state index in [9.17, 15) is 4.79 Å². The zero-order chi connectivity index (χ0) is 15.2. The average molecular weight is 313 g/mol. The van der Waals surface area contributed by atoms with E-state index in [1.807, 2.05) is 19.1 Å². The van der Waals surface area contributed by atoms with E-state index in [-0.39, 0.29) is 12.1 Å². The maximum atomic E-state index is 11.2. The molecule has 0 saturated carbocycles. The third-order valence-corrected chi connectivity index (χ3v) is 3.77. The van der Waals surface area contributed by atoms with Gasteiger partial charge in [-0.2, -0.15) is 0 Å². The Bertz CT molecular complexity index is 498. The third kappa shape index (κ3) is 4.47. The van der Waals surface area contributed by atoms with Crippen molar-refractivity contribution in [1.82, 2.24) is 15.2 Å². The van der Waals surface area contributed by atoms with Crippen LogP contribution >= 0.6 is 11.6 Å². The highest BCUT2D eigenvalue weighted by molar-refractivity contribution is 6.31. The Morgan fingerprint density at radius 2 is 2.38 bits per heavy atom. The first-order chi connectivity index (χ1) is 10.1. The Labute approximate surface area is 129 Å². The van der Waals surface area contributed by atoms with Gasteiger partial charge in [-0.3, -0.25) is 4.90 Å². The summed E-state index contributed by atoms with van der Waals surface area (Å²) < 4.78 is 4.62. The van der Waals surface area contributed by atoms with Crippen LogP contribution in [-0.2, 0) is 11.3 Å². The Balaban J connectivity index is 1.93. The second-order valence-electron chi connectivity index (χ2n) is 5.01. The number of carbonyl (C=O) groups excluding carboxylic acids is 1. The summed E-state index contributed by atoms with van der Waals surface area (Å²) in [6, 6.07) is 3.86. The fourth-order valence-electron chi connectivity index (χ4n) is 2.41. The Morgan fingerprint density at radius 1 is 1.57 bits per heavy atom. The van der Waals surface area contributed by atoms with Gasteiger partial charge < -0.3 is 15.4 Å². The standard InChI is InChI=1S/C14H21ClN4O2/c1-3-16-13-5-4-11(15)12(18-13)9-19-7-6-10(8-19)17-14(20)21-2/h4-5,10H,3,6-9H2,1-2H3,(H,16,18)(H,17,20). The number of nitrogens with one attached hydrogen (secondary N) is 2. The number of ether oxygens (including phenoxy) is 1. The molecule has 2 heterocycles. The van der Waals surface area contributed by atoms with E-state index in [0.717, 1.165) is 37.6 Å². The summed E-state index contributed by atoms with van der Waals surface area (Å²) in [7, 11) is 1.37. The maximum Gasteiger partial charge on any atom is 0.407 e. The summed E-state index contributed by atoms with van der Waals surface area (Å²) in [4.78, 5) is 18.0. The molecule has 1 aromatic rings. The van der Waals surface area contributed by atoms with Gasteiger partial charge in [0.25, 0.3) is 0 Å².